The number of nitrogens with one attached hydrogen (secondary N) is 2. The topological polar surface area (TPSA) is 193 Å². The van der Waals surface area contributed by atoms with Crippen molar-refractivity contribution in [3.8, 4) is 0 Å². The number of amides is 3. The molecular formula is C35H61N3O12. The number of carbonyl (C=O) groups excluding carboxylic acids is 7. The van der Waals surface area contributed by atoms with E-state index in [2.05, 4.69) is 10.6 Å². The molecule has 0 spiro atoms. The summed E-state index contributed by atoms with van der Waals surface area (Å²) in [5.74, 6) is -2.65. The fourth-order valence-electron chi connectivity index (χ4n) is 3.85. The first-order valence-electron chi connectivity index (χ1n) is 16.7. The number of alkyl carbamates (subject to hydrolysis) is 2. The van der Waals surface area contributed by atoms with Gasteiger partial charge in [-0.05, 0) is 117 Å². The highest BCUT2D eigenvalue weighted by Crippen LogP contribution is 2.16. The standard InChI is InChI=1S/C35H61N3O12/c1-31(2,3)46-26(41)24(36-28(43)48-33(7,8)9)18-16-22(39)20-38(30(45)50-35(13,14)15)21-23(40)17-19-25(27(42)47-32(4,5)6)37-29(44)49-34(10,11)12/h24-25H,16-21H2,1-15H3,(H,36,43)(H,37,44)/t24-,25-/m0/s1. The Morgan fingerprint density at radius 1 is 0.460 bits per heavy atom. The van der Waals surface area contributed by atoms with Crippen LogP contribution in [0.3, 0.4) is 0 Å². The lowest BCUT2D eigenvalue weighted by molar-refractivity contribution is -0.158. The number of nitrogens with zero attached hydrogens (tertiary/aromatic N) is 1. The van der Waals surface area contributed by atoms with Crippen molar-refractivity contribution in [1.29, 1.82) is 0 Å². The van der Waals surface area contributed by atoms with Gasteiger partial charge in [0, 0.05) is 12.8 Å². The molecule has 0 heterocycles. The predicted molar refractivity (Wildman–Crippen MR) is 184 cm³/mol. The van der Waals surface area contributed by atoms with E-state index in [4.69, 9.17) is 23.7 Å². The Morgan fingerprint density at radius 3 is 1.00 bits per heavy atom. The maximum atomic E-state index is 13.2. The summed E-state index contributed by atoms with van der Waals surface area (Å²) in [6, 6.07) is -2.49. The largest absolute Gasteiger partial charge is 0.458 e. The second kappa shape index (κ2) is 18.4. The highest BCUT2D eigenvalue weighted by atomic mass is 16.6. The first kappa shape index (κ1) is 46.1. The Bertz CT molecular complexity index is 1130. The maximum absolute atomic E-state index is 13.2. The number of hydrogen-bond donors (Lipinski definition) is 2. The molecule has 0 aromatic heterocycles. The smallest absolute Gasteiger partial charge is 0.411 e. The molecule has 2 N–H and O–H groups in total. The van der Waals surface area contributed by atoms with Gasteiger partial charge in [0.15, 0.2) is 11.6 Å². The summed E-state index contributed by atoms with van der Waals surface area (Å²) in [5.41, 5.74) is -4.42. The van der Waals surface area contributed by atoms with Crippen LogP contribution in [-0.4, -0.2) is 99.9 Å². The van der Waals surface area contributed by atoms with Crippen molar-refractivity contribution in [3.05, 3.63) is 0 Å². The molecule has 0 fully saturated rings. The third-order valence-electron chi connectivity index (χ3n) is 5.57. The molecule has 288 valence electrons. The van der Waals surface area contributed by atoms with E-state index < -0.39 is 95.0 Å². The van der Waals surface area contributed by atoms with Crippen molar-refractivity contribution in [2.45, 2.75) is 170 Å². The van der Waals surface area contributed by atoms with Crippen LogP contribution in [0.2, 0.25) is 0 Å². The summed E-state index contributed by atoms with van der Waals surface area (Å²) in [6.07, 6.45) is -3.64. The number of Topliss-reactive ketones (excluding diaryl/α,β-unsaturated/α-hetero) is 2. The minimum absolute atomic E-state index is 0.184. The van der Waals surface area contributed by atoms with E-state index in [-0.39, 0.29) is 25.7 Å². The van der Waals surface area contributed by atoms with Gasteiger partial charge < -0.3 is 34.3 Å². The van der Waals surface area contributed by atoms with Crippen molar-refractivity contribution in [2.75, 3.05) is 13.1 Å². The monoisotopic (exact) mass is 715 g/mol. The normalized spacial score (nSPS) is 13.6. The Kier molecular flexibility index (Phi) is 16.9. The zero-order chi connectivity index (χ0) is 39.5. The number of carbonyl (C=O) groups is 7. The van der Waals surface area contributed by atoms with Gasteiger partial charge in [0.2, 0.25) is 0 Å². The van der Waals surface area contributed by atoms with Crippen LogP contribution in [0.25, 0.3) is 0 Å². The van der Waals surface area contributed by atoms with E-state index in [0.29, 0.717) is 0 Å². The van der Waals surface area contributed by atoms with Gasteiger partial charge in [-0.25, -0.2) is 24.0 Å². The van der Waals surface area contributed by atoms with Gasteiger partial charge in [-0.3, -0.25) is 14.5 Å². The summed E-state index contributed by atoms with van der Waals surface area (Å²) in [5, 5.41) is 4.89. The van der Waals surface area contributed by atoms with Crippen molar-refractivity contribution in [3.63, 3.8) is 0 Å². The number of hydrogen-bond acceptors (Lipinski definition) is 12. The minimum atomic E-state index is -1.24. The van der Waals surface area contributed by atoms with E-state index in [0.717, 1.165) is 4.90 Å². The lowest BCUT2D eigenvalue weighted by Gasteiger charge is -2.28. The summed E-state index contributed by atoms with van der Waals surface area (Å²) in [7, 11) is 0. The summed E-state index contributed by atoms with van der Waals surface area (Å²) in [4.78, 5) is 91.1. The van der Waals surface area contributed by atoms with Crippen molar-refractivity contribution in [2.24, 2.45) is 0 Å². The van der Waals surface area contributed by atoms with Crippen LogP contribution in [0.1, 0.15) is 130 Å². The lowest BCUT2D eigenvalue weighted by atomic mass is 10.1. The van der Waals surface area contributed by atoms with Gasteiger partial charge >= 0.3 is 30.2 Å². The minimum Gasteiger partial charge on any atom is -0.458 e. The number of ketones is 2. The number of ether oxygens (including phenoxy) is 5. The van der Waals surface area contributed by atoms with Crippen LogP contribution < -0.4 is 10.6 Å². The Morgan fingerprint density at radius 2 is 0.740 bits per heavy atom. The molecule has 0 aliphatic heterocycles. The molecule has 0 aliphatic carbocycles. The molecule has 0 unspecified atom stereocenters. The Balaban J connectivity index is 5.89. The molecule has 0 bridgehead atoms. The number of esters is 2. The molecule has 3 amide bonds. The summed E-state index contributed by atoms with van der Waals surface area (Å²) in [6.45, 7) is 23.6. The van der Waals surface area contributed by atoms with E-state index in [1.165, 1.54) is 0 Å². The van der Waals surface area contributed by atoms with Gasteiger partial charge in [0.25, 0.3) is 0 Å². The lowest BCUT2D eigenvalue weighted by Crippen LogP contribution is -2.47. The van der Waals surface area contributed by atoms with E-state index >= 15 is 0 Å². The van der Waals surface area contributed by atoms with Crippen LogP contribution in [0.15, 0.2) is 0 Å². The SMILES string of the molecule is CC(C)(C)OC(=O)N[C@@H](CCC(=O)CN(CC(=O)CC[C@H](NC(=O)OC(C)(C)C)C(=O)OC(C)(C)C)C(=O)OC(C)(C)C)C(=O)OC(C)(C)C. The molecule has 50 heavy (non-hydrogen) atoms. The third kappa shape index (κ3) is 23.4. The zero-order valence-electron chi connectivity index (χ0n) is 32.7. The molecule has 2 atom stereocenters. The first-order valence-corrected chi connectivity index (χ1v) is 16.7. The highest BCUT2D eigenvalue weighted by molar-refractivity contribution is 5.90. The van der Waals surface area contributed by atoms with Crippen LogP contribution in [0.5, 0.6) is 0 Å². The molecule has 0 aromatic rings. The average molecular weight is 716 g/mol. The van der Waals surface area contributed by atoms with E-state index in [9.17, 15) is 33.6 Å². The summed E-state index contributed by atoms with van der Waals surface area (Å²) < 4.78 is 26.8. The molecule has 0 radical (unpaired) electrons. The molecule has 0 aliphatic rings. The first-order chi connectivity index (χ1) is 22.2. The molecule has 0 rings (SSSR count). The quantitative estimate of drug-likeness (QED) is 0.172. The van der Waals surface area contributed by atoms with E-state index in [1.807, 2.05) is 0 Å². The molecule has 0 saturated heterocycles. The third-order valence-corrected chi connectivity index (χ3v) is 5.57. The number of rotatable bonds is 14. The van der Waals surface area contributed by atoms with Crippen LogP contribution in [0, 0.1) is 0 Å². The van der Waals surface area contributed by atoms with Crippen molar-refractivity contribution < 1.29 is 57.2 Å². The maximum Gasteiger partial charge on any atom is 0.411 e. The van der Waals surface area contributed by atoms with Crippen molar-refractivity contribution >= 4 is 41.8 Å². The predicted octanol–water partition coefficient (Wildman–Crippen LogP) is 5.39. The van der Waals surface area contributed by atoms with Crippen LogP contribution in [0.4, 0.5) is 14.4 Å². The molecular weight excluding hydrogens is 654 g/mol. The van der Waals surface area contributed by atoms with Gasteiger partial charge in [0.1, 0.15) is 40.1 Å². The Labute approximate surface area is 297 Å². The fraction of sp³-hybridized carbons (Fsp3) is 0.800. The molecule has 15 nitrogen and oxygen atoms in total. The summed E-state index contributed by atoms with van der Waals surface area (Å²) >= 11 is 0. The van der Waals surface area contributed by atoms with E-state index in [1.54, 1.807) is 104 Å². The highest BCUT2D eigenvalue weighted by Gasteiger charge is 2.32. The second-order valence-corrected chi connectivity index (χ2v) is 17.0. The average Bonchev–Trinajstić information content (AvgIpc) is 2.83. The van der Waals surface area contributed by atoms with Gasteiger partial charge in [-0.15, -0.1) is 0 Å². The van der Waals surface area contributed by atoms with Gasteiger partial charge in [-0.1, -0.05) is 0 Å². The van der Waals surface area contributed by atoms with Crippen LogP contribution >= 0.6 is 0 Å². The van der Waals surface area contributed by atoms with Crippen LogP contribution in [-0.2, 0) is 42.9 Å². The Hall–Kier alpha value is -3.91. The second-order valence-electron chi connectivity index (χ2n) is 17.0. The molecule has 15 heteroatoms. The van der Waals surface area contributed by atoms with Gasteiger partial charge in [-0.2, -0.15) is 0 Å². The molecule has 0 saturated carbocycles. The van der Waals surface area contributed by atoms with Crippen molar-refractivity contribution in [1.82, 2.24) is 15.5 Å². The fourth-order valence-corrected chi connectivity index (χ4v) is 3.85. The molecule has 0 aromatic carbocycles. The van der Waals surface area contributed by atoms with Gasteiger partial charge in [0.05, 0.1) is 13.1 Å². The zero-order valence-corrected chi connectivity index (χ0v) is 32.7.